The maximum absolute atomic E-state index is 6.17. The molecule has 1 saturated heterocycles. The van der Waals surface area contributed by atoms with Gasteiger partial charge in [-0.25, -0.2) is 9.97 Å². The third-order valence-electron chi connectivity index (χ3n) is 5.20. The first kappa shape index (κ1) is 18.5. The van der Waals surface area contributed by atoms with E-state index in [0.29, 0.717) is 11.9 Å². The van der Waals surface area contributed by atoms with Gasteiger partial charge in [-0.3, -0.25) is 0 Å². The van der Waals surface area contributed by atoms with Gasteiger partial charge in [-0.2, -0.15) is 0 Å². The van der Waals surface area contributed by atoms with Gasteiger partial charge in [0.15, 0.2) is 5.16 Å². The zero-order chi connectivity index (χ0) is 18.3. The van der Waals surface area contributed by atoms with Gasteiger partial charge in [-0.1, -0.05) is 32.5 Å². The first-order valence-corrected chi connectivity index (χ1v) is 11.1. The van der Waals surface area contributed by atoms with Crippen molar-refractivity contribution in [2.24, 2.45) is 0 Å². The molecule has 2 aromatic rings. The summed E-state index contributed by atoms with van der Waals surface area (Å²) in [6.45, 7) is 12.8. The molecule has 1 fully saturated rings. The van der Waals surface area contributed by atoms with E-state index in [1.165, 1.54) is 15.8 Å². The molecule has 2 aliphatic heterocycles. The molecule has 0 amide bonds. The summed E-state index contributed by atoms with van der Waals surface area (Å²) >= 11 is 3.52. The van der Waals surface area contributed by atoms with Gasteiger partial charge in [0, 0.05) is 29.6 Å². The number of morpholine rings is 1. The summed E-state index contributed by atoms with van der Waals surface area (Å²) in [7, 11) is 0. The zero-order valence-corrected chi connectivity index (χ0v) is 17.6. The van der Waals surface area contributed by atoms with Crippen LogP contribution in [0.5, 0.6) is 0 Å². The smallest absolute Gasteiger partial charge is 0.191 e. The Hall–Kier alpha value is -0.890. The van der Waals surface area contributed by atoms with Crippen molar-refractivity contribution in [3.8, 4) is 0 Å². The summed E-state index contributed by atoms with van der Waals surface area (Å²) in [6.07, 6.45) is 1.95. The van der Waals surface area contributed by atoms with E-state index in [1.54, 1.807) is 23.1 Å². The van der Waals surface area contributed by atoms with Gasteiger partial charge in [-0.05, 0) is 18.9 Å². The summed E-state index contributed by atoms with van der Waals surface area (Å²) in [5, 5.41) is 2.60. The van der Waals surface area contributed by atoms with Gasteiger partial charge in [0.05, 0.1) is 30.8 Å². The average Bonchev–Trinajstić information content (AvgIpc) is 2.98. The van der Waals surface area contributed by atoms with Gasteiger partial charge >= 0.3 is 0 Å². The predicted molar refractivity (Wildman–Crippen MR) is 109 cm³/mol. The molecule has 26 heavy (non-hydrogen) atoms. The SMILES string of the molecule is CC[C@]1(C)Cc2c(sc3nc(SC(C)C)nc(N4CCOCC4)c23)CO1. The van der Waals surface area contributed by atoms with Crippen molar-refractivity contribution in [1.29, 1.82) is 0 Å². The van der Waals surface area contributed by atoms with E-state index in [0.717, 1.165) is 54.9 Å². The standard InChI is InChI=1S/C19H27N3O2S2/c1-5-19(4)10-13-14(11-24-19)26-17-15(13)16(22-6-8-23-9-7-22)20-18(21-17)25-12(2)3/h12H,5-11H2,1-4H3/t19-/m1/s1. The van der Waals surface area contributed by atoms with Gasteiger partial charge in [0.2, 0.25) is 0 Å². The highest BCUT2D eigenvalue weighted by Gasteiger charge is 2.34. The van der Waals surface area contributed by atoms with Crippen LogP contribution in [0, 0.1) is 0 Å². The number of nitrogens with zero attached hydrogens (tertiary/aromatic N) is 3. The number of aromatic nitrogens is 2. The van der Waals surface area contributed by atoms with E-state index in [1.807, 2.05) is 0 Å². The Labute approximate surface area is 163 Å². The predicted octanol–water partition coefficient (Wildman–Crippen LogP) is 4.27. The summed E-state index contributed by atoms with van der Waals surface area (Å²) in [5.41, 5.74) is 1.32. The second kappa shape index (κ2) is 7.26. The topological polar surface area (TPSA) is 47.5 Å². The fourth-order valence-corrected chi connectivity index (χ4v) is 5.39. The lowest BCUT2D eigenvalue weighted by atomic mass is 9.90. The Bertz CT molecular complexity index is 802. The van der Waals surface area contributed by atoms with Gasteiger partial charge in [0.25, 0.3) is 0 Å². The normalized spacial score (nSPS) is 23.7. The number of thiophene rings is 1. The lowest BCUT2D eigenvalue weighted by Crippen LogP contribution is -2.37. The number of ether oxygens (including phenoxy) is 2. The van der Waals surface area contributed by atoms with Crippen LogP contribution in [0.3, 0.4) is 0 Å². The molecule has 1 atom stereocenters. The summed E-state index contributed by atoms with van der Waals surface area (Å²) < 4.78 is 11.7. The van der Waals surface area contributed by atoms with Crippen molar-refractivity contribution in [1.82, 2.24) is 9.97 Å². The maximum Gasteiger partial charge on any atom is 0.191 e. The third kappa shape index (κ3) is 3.46. The highest BCUT2D eigenvalue weighted by molar-refractivity contribution is 7.99. The third-order valence-corrected chi connectivity index (χ3v) is 7.16. The number of anilines is 1. The fourth-order valence-electron chi connectivity index (χ4n) is 3.53. The lowest BCUT2D eigenvalue weighted by molar-refractivity contribution is -0.0543. The van der Waals surface area contributed by atoms with E-state index >= 15 is 0 Å². The largest absolute Gasteiger partial charge is 0.378 e. The summed E-state index contributed by atoms with van der Waals surface area (Å²) in [4.78, 5) is 14.7. The molecule has 0 aromatic carbocycles. The van der Waals surface area contributed by atoms with Gasteiger partial charge in [-0.15, -0.1) is 11.3 Å². The van der Waals surface area contributed by atoms with E-state index < -0.39 is 0 Å². The second-order valence-corrected chi connectivity index (χ2v) is 10.2. The molecule has 0 unspecified atom stereocenters. The van der Waals surface area contributed by atoms with E-state index in [4.69, 9.17) is 19.4 Å². The first-order chi connectivity index (χ1) is 12.5. The Morgan fingerprint density at radius 3 is 2.73 bits per heavy atom. The Morgan fingerprint density at radius 2 is 2.04 bits per heavy atom. The molecule has 0 saturated carbocycles. The number of fused-ring (bicyclic) bond motifs is 3. The average molecular weight is 394 g/mol. The molecule has 142 valence electrons. The molecule has 0 spiro atoms. The molecule has 0 radical (unpaired) electrons. The molecule has 5 nitrogen and oxygen atoms in total. The molecule has 4 heterocycles. The zero-order valence-electron chi connectivity index (χ0n) is 16.0. The van der Waals surface area contributed by atoms with Crippen LogP contribution in [0.4, 0.5) is 5.82 Å². The molecule has 0 N–H and O–H groups in total. The maximum atomic E-state index is 6.17. The first-order valence-electron chi connectivity index (χ1n) is 9.44. The molecule has 7 heteroatoms. The highest BCUT2D eigenvalue weighted by Crippen LogP contribution is 2.43. The lowest BCUT2D eigenvalue weighted by Gasteiger charge is -2.34. The molecular weight excluding hydrogens is 366 g/mol. The number of rotatable bonds is 4. The van der Waals surface area contributed by atoms with Crippen LogP contribution in [0.25, 0.3) is 10.2 Å². The van der Waals surface area contributed by atoms with Crippen molar-refractivity contribution in [3.63, 3.8) is 0 Å². The minimum atomic E-state index is -0.0887. The van der Waals surface area contributed by atoms with Crippen LogP contribution in [-0.2, 0) is 22.5 Å². The molecule has 0 aliphatic carbocycles. The van der Waals surface area contributed by atoms with E-state index in [9.17, 15) is 0 Å². The van der Waals surface area contributed by atoms with Crippen molar-refractivity contribution >= 4 is 39.1 Å². The van der Waals surface area contributed by atoms with E-state index in [2.05, 4.69) is 32.6 Å². The minimum Gasteiger partial charge on any atom is -0.378 e. The quantitative estimate of drug-likeness (QED) is 0.571. The van der Waals surface area contributed by atoms with Crippen molar-refractivity contribution in [2.75, 3.05) is 31.2 Å². The van der Waals surface area contributed by atoms with Crippen LogP contribution in [0.1, 0.15) is 44.6 Å². The van der Waals surface area contributed by atoms with Crippen LogP contribution in [0.2, 0.25) is 0 Å². The van der Waals surface area contributed by atoms with Crippen molar-refractivity contribution in [3.05, 3.63) is 10.4 Å². The molecule has 0 bridgehead atoms. The van der Waals surface area contributed by atoms with Gasteiger partial charge in [0.1, 0.15) is 10.6 Å². The molecule has 4 rings (SSSR count). The fraction of sp³-hybridized carbons (Fsp3) is 0.684. The number of thioether (sulfide) groups is 1. The molecule has 2 aliphatic rings. The summed E-state index contributed by atoms with van der Waals surface area (Å²) in [6, 6.07) is 0. The highest BCUT2D eigenvalue weighted by atomic mass is 32.2. The van der Waals surface area contributed by atoms with Crippen LogP contribution >= 0.6 is 23.1 Å². The monoisotopic (exact) mass is 393 g/mol. The summed E-state index contributed by atoms with van der Waals surface area (Å²) in [5.74, 6) is 1.10. The Kier molecular flexibility index (Phi) is 5.16. The van der Waals surface area contributed by atoms with Crippen molar-refractivity contribution < 1.29 is 9.47 Å². The van der Waals surface area contributed by atoms with Crippen LogP contribution in [0.15, 0.2) is 5.16 Å². The number of hydrogen-bond donors (Lipinski definition) is 0. The molecule has 2 aromatic heterocycles. The van der Waals surface area contributed by atoms with Gasteiger partial charge < -0.3 is 14.4 Å². The number of hydrogen-bond acceptors (Lipinski definition) is 7. The Balaban J connectivity index is 1.85. The minimum absolute atomic E-state index is 0.0887. The van der Waals surface area contributed by atoms with Crippen molar-refractivity contribution in [2.45, 2.75) is 63.2 Å². The van der Waals surface area contributed by atoms with Crippen LogP contribution in [-0.4, -0.2) is 47.1 Å². The molecular formula is C19H27N3O2S2. The van der Waals surface area contributed by atoms with Crippen LogP contribution < -0.4 is 4.90 Å². The Morgan fingerprint density at radius 1 is 1.27 bits per heavy atom. The second-order valence-electron chi connectivity index (χ2n) is 7.55. The van der Waals surface area contributed by atoms with E-state index in [-0.39, 0.29) is 5.60 Å².